The standard InChI is InChI=1S/C26H27N3O3/c1-4-13-28-20-10-11-21(29-17-9-12-22(32-3)16(14-17)15-27-2)24-23(20)25(30)18-7-5-6-8-19(18)26(24)31/h5-12,14,27-29H,4,13,15H2,1-3H3. The minimum Gasteiger partial charge on any atom is -0.496 e. The molecule has 164 valence electrons. The van der Waals surface area contributed by atoms with Crippen LogP contribution in [-0.2, 0) is 6.54 Å². The lowest BCUT2D eigenvalue weighted by atomic mass is 9.82. The van der Waals surface area contributed by atoms with Crippen LogP contribution in [0.5, 0.6) is 5.75 Å². The number of methoxy groups -OCH3 is 1. The van der Waals surface area contributed by atoms with Gasteiger partial charge < -0.3 is 20.7 Å². The lowest BCUT2D eigenvalue weighted by Crippen LogP contribution is -2.24. The van der Waals surface area contributed by atoms with Crippen LogP contribution in [-0.4, -0.2) is 32.3 Å². The minimum atomic E-state index is -0.151. The molecule has 0 radical (unpaired) electrons. The van der Waals surface area contributed by atoms with E-state index in [2.05, 4.69) is 22.9 Å². The molecule has 3 aromatic rings. The van der Waals surface area contributed by atoms with Crippen LogP contribution in [0.4, 0.5) is 17.1 Å². The van der Waals surface area contributed by atoms with Crippen LogP contribution in [0.2, 0.25) is 0 Å². The summed E-state index contributed by atoms with van der Waals surface area (Å²) >= 11 is 0. The molecule has 0 aliphatic heterocycles. The molecule has 1 aliphatic rings. The van der Waals surface area contributed by atoms with Crippen LogP contribution < -0.4 is 20.7 Å². The van der Waals surface area contributed by atoms with Crippen LogP contribution in [0.15, 0.2) is 54.6 Å². The van der Waals surface area contributed by atoms with Gasteiger partial charge in [0.1, 0.15) is 5.75 Å². The van der Waals surface area contributed by atoms with Crippen LogP contribution >= 0.6 is 0 Å². The Labute approximate surface area is 188 Å². The Morgan fingerprint density at radius 3 is 2.16 bits per heavy atom. The summed E-state index contributed by atoms with van der Waals surface area (Å²) in [6.45, 7) is 3.42. The zero-order valence-electron chi connectivity index (χ0n) is 18.5. The van der Waals surface area contributed by atoms with Gasteiger partial charge in [-0.1, -0.05) is 31.2 Å². The molecule has 0 bridgehead atoms. The van der Waals surface area contributed by atoms with Crippen molar-refractivity contribution in [3.63, 3.8) is 0 Å². The van der Waals surface area contributed by atoms with Gasteiger partial charge in [-0.2, -0.15) is 0 Å². The summed E-state index contributed by atoms with van der Waals surface area (Å²) in [7, 11) is 3.52. The average Bonchev–Trinajstić information content (AvgIpc) is 2.82. The number of nitrogens with one attached hydrogen (secondary N) is 3. The predicted octanol–water partition coefficient (Wildman–Crippen LogP) is 4.76. The number of benzene rings is 3. The van der Waals surface area contributed by atoms with E-state index in [-0.39, 0.29) is 11.6 Å². The first-order valence-electron chi connectivity index (χ1n) is 10.8. The third kappa shape index (κ3) is 3.85. The van der Waals surface area contributed by atoms with Crippen LogP contribution in [0, 0.1) is 0 Å². The Kier molecular flexibility index (Phi) is 6.23. The third-order valence-electron chi connectivity index (χ3n) is 5.57. The largest absolute Gasteiger partial charge is 0.496 e. The van der Waals surface area contributed by atoms with Gasteiger partial charge in [0.25, 0.3) is 0 Å². The molecule has 0 saturated carbocycles. The molecule has 32 heavy (non-hydrogen) atoms. The zero-order chi connectivity index (χ0) is 22.7. The molecule has 4 rings (SSSR count). The summed E-state index contributed by atoms with van der Waals surface area (Å²) in [6, 6.07) is 16.5. The molecule has 0 atom stereocenters. The number of carbonyl (C=O) groups excluding carboxylic acids is 2. The number of hydrogen-bond donors (Lipinski definition) is 3. The van der Waals surface area contributed by atoms with Crippen molar-refractivity contribution in [2.45, 2.75) is 19.9 Å². The highest BCUT2D eigenvalue weighted by Gasteiger charge is 2.33. The lowest BCUT2D eigenvalue weighted by molar-refractivity contribution is 0.0980. The Morgan fingerprint density at radius 2 is 1.53 bits per heavy atom. The van der Waals surface area contributed by atoms with Crippen molar-refractivity contribution in [2.24, 2.45) is 0 Å². The van der Waals surface area contributed by atoms with Crippen LogP contribution in [0.3, 0.4) is 0 Å². The molecule has 3 aromatic carbocycles. The second-order valence-corrected chi connectivity index (χ2v) is 7.72. The molecule has 0 unspecified atom stereocenters. The van der Waals surface area contributed by atoms with Gasteiger partial charge in [0.15, 0.2) is 11.6 Å². The van der Waals surface area contributed by atoms with E-state index in [1.165, 1.54) is 0 Å². The molecule has 0 heterocycles. The van der Waals surface area contributed by atoms with E-state index in [9.17, 15) is 9.59 Å². The smallest absolute Gasteiger partial charge is 0.196 e. The van der Waals surface area contributed by atoms with Crippen LogP contribution in [0.1, 0.15) is 50.8 Å². The number of ether oxygens (including phenoxy) is 1. The number of hydrogen-bond acceptors (Lipinski definition) is 6. The maximum absolute atomic E-state index is 13.5. The average molecular weight is 430 g/mol. The minimum absolute atomic E-state index is 0.136. The van der Waals surface area contributed by atoms with E-state index in [0.717, 1.165) is 23.4 Å². The second kappa shape index (κ2) is 9.24. The normalized spacial score (nSPS) is 12.2. The van der Waals surface area contributed by atoms with Gasteiger partial charge in [0.2, 0.25) is 0 Å². The van der Waals surface area contributed by atoms with Crippen molar-refractivity contribution in [1.82, 2.24) is 5.32 Å². The molecular weight excluding hydrogens is 402 g/mol. The van der Waals surface area contributed by atoms with Crippen molar-refractivity contribution >= 4 is 28.6 Å². The van der Waals surface area contributed by atoms with Gasteiger partial charge in [-0.05, 0) is 43.8 Å². The summed E-state index contributed by atoms with van der Waals surface area (Å²) in [5.41, 5.74) is 4.81. The summed E-state index contributed by atoms with van der Waals surface area (Å²) < 4.78 is 5.44. The molecule has 3 N–H and O–H groups in total. The predicted molar refractivity (Wildman–Crippen MR) is 128 cm³/mol. The highest BCUT2D eigenvalue weighted by atomic mass is 16.5. The van der Waals surface area contributed by atoms with Gasteiger partial charge >= 0.3 is 0 Å². The Hall–Kier alpha value is -3.64. The fourth-order valence-corrected chi connectivity index (χ4v) is 4.07. The van der Waals surface area contributed by atoms with Gasteiger partial charge in [-0.3, -0.25) is 9.59 Å². The molecule has 0 spiro atoms. The van der Waals surface area contributed by atoms with E-state index in [1.54, 1.807) is 31.4 Å². The molecule has 1 aliphatic carbocycles. The van der Waals surface area contributed by atoms with E-state index < -0.39 is 0 Å². The maximum atomic E-state index is 13.5. The van der Waals surface area contributed by atoms with Gasteiger partial charge in [-0.25, -0.2) is 0 Å². The summed E-state index contributed by atoms with van der Waals surface area (Å²) in [5.74, 6) is 0.496. The summed E-state index contributed by atoms with van der Waals surface area (Å²) in [5, 5.41) is 9.81. The van der Waals surface area contributed by atoms with Crippen molar-refractivity contribution in [1.29, 1.82) is 0 Å². The molecule has 6 heteroatoms. The summed E-state index contributed by atoms with van der Waals surface area (Å²) in [4.78, 5) is 26.9. The quantitative estimate of drug-likeness (QED) is 0.375. The first-order chi connectivity index (χ1) is 15.6. The Bertz CT molecular complexity index is 1190. The van der Waals surface area contributed by atoms with E-state index in [4.69, 9.17) is 4.74 Å². The van der Waals surface area contributed by atoms with Gasteiger partial charge in [0, 0.05) is 41.2 Å². The fourth-order valence-electron chi connectivity index (χ4n) is 4.07. The van der Waals surface area contributed by atoms with Crippen molar-refractivity contribution < 1.29 is 14.3 Å². The monoisotopic (exact) mass is 429 g/mol. The highest BCUT2D eigenvalue weighted by molar-refractivity contribution is 6.32. The Balaban J connectivity index is 1.82. The number of carbonyl (C=O) groups is 2. The summed E-state index contributed by atoms with van der Waals surface area (Å²) in [6.07, 6.45) is 0.910. The van der Waals surface area contributed by atoms with Crippen molar-refractivity contribution in [3.05, 3.63) is 82.4 Å². The molecule has 6 nitrogen and oxygen atoms in total. The van der Waals surface area contributed by atoms with E-state index in [1.807, 2.05) is 37.4 Å². The zero-order valence-corrected chi connectivity index (χ0v) is 18.5. The Morgan fingerprint density at radius 1 is 0.875 bits per heavy atom. The van der Waals surface area contributed by atoms with E-state index >= 15 is 0 Å². The van der Waals surface area contributed by atoms with Crippen molar-refractivity contribution in [2.75, 3.05) is 31.3 Å². The number of ketones is 2. The fraction of sp³-hybridized carbons (Fsp3) is 0.231. The maximum Gasteiger partial charge on any atom is 0.196 e. The lowest BCUT2D eigenvalue weighted by Gasteiger charge is -2.24. The molecule has 0 saturated heterocycles. The molecule has 0 fully saturated rings. The number of rotatable bonds is 8. The number of anilines is 3. The number of fused-ring (bicyclic) bond motifs is 2. The third-order valence-corrected chi connectivity index (χ3v) is 5.57. The topological polar surface area (TPSA) is 79.5 Å². The van der Waals surface area contributed by atoms with Gasteiger partial charge in [0.05, 0.1) is 23.9 Å². The van der Waals surface area contributed by atoms with Crippen molar-refractivity contribution in [3.8, 4) is 5.75 Å². The SMILES string of the molecule is CCCNc1ccc(Nc2ccc(OC)c(CNC)c2)c2c1C(=O)c1ccccc1C2=O. The first-order valence-corrected chi connectivity index (χ1v) is 10.8. The second-order valence-electron chi connectivity index (χ2n) is 7.72. The highest BCUT2D eigenvalue weighted by Crippen LogP contribution is 2.38. The molecular formula is C26H27N3O3. The first kappa shape index (κ1) is 21.6. The molecule has 0 aromatic heterocycles. The van der Waals surface area contributed by atoms with Crippen LogP contribution in [0.25, 0.3) is 0 Å². The molecule has 0 amide bonds. The van der Waals surface area contributed by atoms with E-state index in [0.29, 0.717) is 46.7 Å². The van der Waals surface area contributed by atoms with Gasteiger partial charge in [-0.15, -0.1) is 0 Å².